The lowest BCUT2D eigenvalue weighted by molar-refractivity contribution is 0.101. The van der Waals surface area contributed by atoms with Crippen molar-refractivity contribution in [3.8, 4) is 0 Å². The molecule has 1 amide bonds. The van der Waals surface area contributed by atoms with Gasteiger partial charge in [0.25, 0.3) is 5.91 Å². The first kappa shape index (κ1) is 13.9. The molecule has 4 heteroatoms. The van der Waals surface area contributed by atoms with Gasteiger partial charge in [-0.2, -0.15) is 0 Å². The highest BCUT2D eigenvalue weighted by atomic mass is 19.1. The molecular weight excluding hydrogens is 257 g/mol. The van der Waals surface area contributed by atoms with E-state index < -0.39 is 11.7 Å². The summed E-state index contributed by atoms with van der Waals surface area (Å²) in [6.45, 7) is 3.16. The van der Waals surface area contributed by atoms with Crippen molar-refractivity contribution in [1.82, 2.24) is 0 Å². The second-order valence-electron chi connectivity index (χ2n) is 4.52. The van der Waals surface area contributed by atoms with Gasteiger partial charge in [0.2, 0.25) is 0 Å². The Morgan fingerprint density at radius 2 is 1.75 bits per heavy atom. The average Bonchev–Trinajstić information content (AvgIpc) is 2.41. The minimum atomic E-state index is -0.472. The quantitative estimate of drug-likeness (QED) is 0.867. The average molecular weight is 271 g/mol. The minimum Gasteiger partial charge on any atom is -0.321 e. The highest BCUT2D eigenvalue weighted by Gasteiger charge is 2.13. The Labute approximate surface area is 116 Å². The first-order valence-electron chi connectivity index (χ1n) is 6.16. The molecule has 3 nitrogen and oxygen atoms in total. The molecule has 0 aromatic heterocycles. The van der Waals surface area contributed by atoms with E-state index in [0.717, 1.165) is 0 Å². The Balaban J connectivity index is 2.33. The molecule has 0 saturated heterocycles. The number of anilines is 1. The fraction of sp³-hybridized carbons (Fsp3) is 0.125. The number of nitrogens with one attached hydrogen (secondary N) is 1. The predicted molar refractivity (Wildman–Crippen MR) is 75.5 cm³/mol. The molecular formula is C16H14FNO2. The van der Waals surface area contributed by atoms with Crippen LogP contribution >= 0.6 is 0 Å². The molecule has 0 unspecified atom stereocenters. The highest BCUT2D eigenvalue weighted by Crippen LogP contribution is 2.18. The highest BCUT2D eigenvalue weighted by molar-refractivity contribution is 6.09. The SMILES string of the molecule is CC(=O)c1ccccc1NC(=O)c1cc(F)ccc1C. The van der Waals surface area contributed by atoms with Crippen LogP contribution < -0.4 is 5.32 Å². The van der Waals surface area contributed by atoms with Gasteiger partial charge in [-0.25, -0.2) is 4.39 Å². The second-order valence-corrected chi connectivity index (χ2v) is 4.52. The number of rotatable bonds is 3. The number of hydrogen-bond donors (Lipinski definition) is 1. The van der Waals surface area contributed by atoms with E-state index in [1.165, 1.54) is 19.1 Å². The Hall–Kier alpha value is -2.49. The van der Waals surface area contributed by atoms with E-state index in [2.05, 4.69) is 5.32 Å². The standard InChI is InChI=1S/C16H14FNO2/c1-10-7-8-12(17)9-14(10)16(20)18-15-6-4-3-5-13(15)11(2)19/h3-9H,1-2H3,(H,18,20). The number of para-hydroxylation sites is 1. The summed E-state index contributed by atoms with van der Waals surface area (Å²) < 4.78 is 13.2. The number of benzene rings is 2. The lowest BCUT2D eigenvalue weighted by Crippen LogP contribution is -2.15. The van der Waals surface area contributed by atoms with E-state index in [4.69, 9.17) is 0 Å². The molecule has 2 aromatic carbocycles. The van der Waals surface area contributed by atoms with Crippen LogP contribution in [0.3, 0.4) is 0 Å². The minimum absolute atomic E-state index is 0.142. The van der Waals surface area contributed by atoms with Crippen molar-refractivity contribution in [3.05, 3.63) is 65.0 Å². The van der Waals surface area contributed by atoms with Crippen molar-refractivity contribution in [1.29, 1.82) is 0 Å². The summed E-state index contributed by atoms with van der Waals surface area (Å²) >= 11 is 0. The van der Waals surface area contributed by atoms with Crippen LogP contribution in [0.4, 0.5) is 10.1 Å². The van der Waals surface area contributed by atoms with Gasteiger partial charge in [-0.1, -0.05) is 18.2 Å². The van der Waals surface area contributed by atoms with E-state index in [0.29, 0.717) is 16.8 Å². The monoisotopic (exact) mass is 271 g/mol. The molecule has 0 fully saturated rings. The lowest BCUT2D eigenvalue weighted by atomic mass is 10.1. The van der Waals surface area contributed by atoms with E-state index in [-0.39, 0.29) is 11.3 Å². The Morgan fingerprint density at radius 1 is 1.05 bits per heavy atom. The number of amides is 1. The van der Waals surface area contributed by atoms with Crippen LogP contribution in [-0.2, 0) is 0 Å². The van der Waals surface area contributed by atoms with Gasteiger partial charge in [0.05, 0.1) is 5.69 Å². The summed E-state index contributed by atoms with van der Waals surface area (Å²) in [4.78, 5) is 23.7. The van der Waals surface area contributed by atoms with Crippen LogP contribution in [-0.4, -0.2) is 11.7 Å². The summed E-state index contributed by atoms with van der Waals surface area (Å²) in [6.07, 6.45) is 0. The molecule has 0 aliphatic carbocycles. The van der Waals surface area contributed by atoms with Gasteiger partial charge in [-0.15, -0.1) is 0 Å². The largest absolute Gasteiger partial charge is 0.321 e. The zero-order chi connectivity index (χ0) is 14.7. The molecule has 2 aromatic rings. The Morgan fingerprint density at radius 3 is 2.45 bits per heavy atom. The Bertz CT molecular complexity index is 680. The molecule has 0 aliphatic heterocycles. The van der Waals surface area contributed by atoms with Crippen molar-refractivity contribution >= 4 is 17.4 Å². The first-order valence-corrected chi connectivity index (χ1v) is 6.16. The maximum atomic E-state index is 13.2. The van der Waals surface area contributed by atoms with Crippen LogP contribution in [0.15, 0.2) is 42.5 Å². The third-order valence-electron chi connectivity index (χ3n) is 3.00. The van der Waals surface area contributed by atoms with E-state index in [1.807, 2.05) is 0 Å². The lowest BCUT2D eigenvalue weighted by Gasteiger charge is -2.10. The number of hydrogen-bond acceptors (Lipinski definition) is 2. The van der Waals surface area contributed by atoms with Crippen molar-refractivity contribution < 1.29 is 14.0 Å². The number of Topliss-reactive ketones (excluding diaryl/α,β-unsaturated/α-hetero) is 1. The van der Waals surface area contributed by atoms with Gasteiger partial charge >= 0.3 is 0 Å². The predicted octanol–water partition coefficient (Wildman–Crippen LogP) is 3.59. The van der Waals surface area contributed by atoms with Crippen molar-refractivity contribution in [2.24, 2.45) is 0 Å². The van der Waals surface area contributed by atoms with Gasteiger partial charge in [-0.3, -0.25) is 9.59 Å². The number of aryl methyl sites for hydroxylation is 1. The summed E-state index contributed by atoms with van der Waals surface area (Å²) in [7, 11) is 0. The van der Waals surface area contributed by atoms with Gasteiger partial charge in [0.1, 0.15) is 5.82 Å². The molecule has 0 bridgehead atoms. The molecule has 0 atom stereocenters. The van der Waals surface area contributed by atoms with E-state index >= 15 is 0 Å². The summed E-state index contributed by atoms with van der Waals surface area (Å²) in [5.74, 6) is -1.05. The fourth-order valence-electron chi connectivity index (χ4n) is 1.93. The summed E-state index contributed by atoms with van der Waals surface area (Å²) in [5.41, 5.74) is 1.77. The van der Waals surface area contributed by atoms with Crippen molar-refractivity contribution in [3.63, 3.8) is 0 Å². The molecule has 0 radical (unpaired) electrons. The molecule has 102 valence electrons. The van der Waals surface area contributed by atoms with Crippen LogP contribution in [0.1, 0.15) is 33.2 Å². The summed E-state index contributed by atoms with van der Waals surface area (Å²) in [6, 6.07) is 10.7. The normalized spacial score (nSPS) is 10.2. The Kier molecular flexibility index (Phi) is 3.94. The molecule has 0 heterocycles. The first-order chi connectivity index (χ1) is 9.49. The topological polar surface area (TPSA) is 46.2 Å². The van der Waals surface area contributed by atoms with Crippen molar-refractivity contribution in [2.75, 3.05) is 5.32 Å². The van der Waals surface area contributed by atoms with Gasteiger partial charge < -0.3 is 5.32 Å². The van der Waals surface area contributed by atoms with Crippen LogP contribution in [0, 0.1) is 12.7 Å². The maximum Gasteiger partial charge on any atom is 0.256 e. The smallest absolute Gasteiger partial charge is 0.256 e. The van der Waals surface area contributed by atoms with Crippen LogP contribution in [0.2, 0.25) is 0 Å². The number of carbonyl (C=O) groups excluding carboxylic acids is 2. The van der Waals surface area contributed by atoms with E-state index in [9.17, 15) is 14.0 Å². The van der Waals surface area contributed by atoms with Crippen LogP contribution in [0.25, 0.3) is 0 Å². The van der Waals surface area contributed by atoms with Gasteiger partial charge in [0, 0.05) is 11.1 Å². The maximum absolute atomic E-state index is 13.2. The van der Waals surface area contributed by atoms with Crippen LogP contribution in [0.5, 0.6) is 0 Å². The number of ketones is 1. The zero-order valence-electron chi connectivity index (χ0n) is 11.2. The molecule has 20 heavy (non-hydrogen) atoms. The summed E-state index contributed by atoms with van der Waals surface area (Å²) in [5, 5.41) is 2.65. The third-order valence-corrected chi connectivity index (χ3v) is 3.00. The number of halogens is 1. The molecule has 2 rings (SSSR count). The molecule has 0 aliphatic rings. The second kappa shape index (κ2) is 5.65. The zero-order valence-corrected chi connectivity index (χ0v) is 11.2. The molecule has 0 spiro atoms. The van der Waals surface area contributed by atoms with Gasteiger partial charge in [0.15, 0.2) is 5.78 Å². The number of carbonyl (C=O) groups is 2. The van der Waals surface area contributed by atoms with E-state index in [1.54, 1.807) is 37.3 Å². The molecule has 0 saturated carbocycles. The van der Waals surface area contributed by atoms with Crippen molar-refractivity contribution in [2.45, 2.75) is 13.8 Å². The fourth-order valence-corrected chi connectivity index (χ4v) is 1.93. The van der Waals surface area contributed by atoms with Gasteiger partial charge in [-0.05, 0) is 43.7 Å². The molecule has 1 N–H and O–H groups in total. The third kappa shape index (κ3) is 2.91.